The fourth-order valence-electron chi connectivity index (χ4n) is 2.09. The number of nitrogens with zero attached hydrogens (tertiary/aromatic N) is 1. The Balaban J connectivity index is 2.43. The van der Waals surface area contributed by atoms with E-state index in [9.17, 15) is 18.0 Å². The van der Waals surface area contributed by atoms with Crippen molar-refractivity contribution in [1.82, 2.24) is 10.2 Å². The minimum Gasteiger partial charge on any atom is -0.469 e. The number of rotatable bonds is 7. The Labute approximate surface area is 129 Å². The molecule has 1 N–H and O–H groups in total. The van der Waals surface area contributed by atoms with Crippen molar-refractivity contribution in [3.05, 3.63) is 0 Å². The van der Waals surface area contributed by atoms with Crippen LogP contribution in [-0.2, 0) is 24.2 Å². The van der Waals surface area contributed by atoms with Crippen LogP contribution in [0.3, 0.4) is 0 Å². The number of halogens is 1. The van der Waals surface area contributed by atoms with Crippen LogP contribution in [0.1, 0.15) is 13.3 Å². The van der Waals surface area contributed by atoms with Gasteiger partial charge in [-0.2, -0.15) is 0 Å². The molecule has 0 aromatic rings. The molecule has 9 heteroatoms. The maximum Gasteiger partial charge on any atom is 0.306 e. The summed E-state index contributed by atoms with van der Waals surface area (Å²) in [5, 5.41) is 2.05. The molecule has 0 spiro atoms. The topological polar surface area (TPSA) is 92.8 Å². The van der Waals surface area contributed by atoms with Crippen LogP contribution in [0.15, 0.2) is 0 Å². The van der Waals surface area contributed by atoms with Gasteiger partial charge in [-0.25, -0.2) is 8.42 Å². The third-order valence-corrected chi connectivity index (χ3v) is 5.68. The van der Waals surface area contributed by atoms with E-state index in [1.807, 2.05) is 6.92 Å². The predicted octanol–water partition coefficient (Wildman–Crippen LogP) is -0.608. The number of amides is 1. The molecule has 1 aliphatic rings. The second-order valence-electron chi connectivity index (χ2n) is 4.96. The first-order chi connectivity index (χ1) is 9.77. The lowest BCUT2D eigenvalue weighted by Crippen LogP contribution is -2.46. The van der Waals surface area contributed by atoms with E-state index in [0.717, 1.165) is 0 Å². The largest absolute Gasteiger partial charge is 0.469 e. The Morgan fingerprint density at radius 3 is 2.52 bits per heavy atom. The van der Waals surface area contributed by atoms with E-state index in [2.05, 4.69) is 10.1 Å². The lowest BCUT2D eigenvalue weighted by Gasteiger charge is -2.21. The van der Waals surface area contributed by atoms with Crippen molar-refractivity contribution >= 4 is 33.3 Å². The third-order valence-electron chi connectivity index (χ3n) is 3.30. The zero-order valence-electron chi connectivity index (χ0n) is 12.2. The summed E-state index contributed by atoms with van der Waals surface area (Å²) in [4.78, 5) is 24.8. The molecule has 0 saturated carbocycles. The molecule has 2 unspecified atom stereocenters. The van der Waals surface area contributed by atoms with E-state index in [4.69, 9.17) is 11.6 Å². The summed E-state index contributed by atoms with van der Waals surface area (Å²) in [5.41, 5.74) is 0. The standard InChI is InChI=1S/C12H21ClN2O5S/c1-3-15(5-4-12(17)20-2)6-11(16)14-10-8-21(18,19)7-9(10)13/h9-10H,3-8H2,1-2H3,(H,14,16). The number of sulfone groups is 1. The summed E-state index contributed by atoms with van der Waals surface area (Å²) in [5.74, 6) is -0.869. The van der Waals surface area contributed by atoms with Gasteiger partial charge in [-0.3, -0.25) is 14.5 Å². The number of ether oxygens (including phenoxy) is 1. The highest BCUT2D eigenvalue weighted by molar-refractivity contribution is 7.91. The average molecular weight is 341 g/mol. The molecular formula is C12H21ClN2O5S. The molecule has 2 atom stereocenters. The number of carbonyl (C=O) groups excluding carboxylic acids is 2. The van der Waals surface area contributed by atoms with Crippen molar-refractivity contribution < 1.29 is 22.7 Å². The fraction of sp³-hybridized carbons (Fsp3) is 0.833. The second kappa shape index (κ2) is 7.95. The molecular weight excluding hydrogens is 320 g/mol. The monoisotopic (exact) mass is 340 g/mol. The quantitative estimate of drug-likeness (QED) is 0.491. The van der Waals surface area contributed by atoms with E-state index in [-0.39, 0.29) is 36.3 Å². The van der Waals surface area contributed by atoms with Gasteiger partial charge in [0.25, 0.3) is 0 Å². The van der Waals surface area contributed by atoms with Crippen LogP contribution < -0.4 is 5.32 Å². The summed E-state index contributed by atoms with van der Waals surface area (Å²) in [6.45, 7) is 2.96. The maximum atomic E-state index is 11.9. The molecule has 0 radical (unpaired) electrons. The van der Waals surface area contributed by atoms with Crippen LogP contribution in [0.4, 0.5) is 0 Å². The van der Waals surface area contributed by atoms with Crippen LogP contribution in [0, 0.1) is 0 Å². The number of nitrogens with one attached hydrogen (secondary N) is 1. The Morgan fingerprint density at radius 2 is 2.05 bits per heavy atom. The first-order valence-corrected chi connectivity index (χ1v) is 8.96. The molecule has 0 aromatic carbocycles. The second-order valence-corrected chi connectivity index (χ2v) is 7.68. The van der Waals surface area contributed by atoms with Gasteiger partial charge in [-0.1, -0.05) is 6.92 Å². The fourth-order valence-corrected chi connectivity index (χ4v) is 4.64. The van der Waals surface area contributed by atoms with Crippen molar-refractivity contribution in [1.29, 1.82) is 0 Å². The van der Waals surface area contributed by atoms with Crippen LogP contribution in [0.25, 0.3) is 0 Å². The van der Waals surface area contributed by atoms with Crippen molar-refractivity contribution in [2.75, 3.05) is 38.2 Å². The van der Waals surface area contributed by atoms with E-state index in [0.29, 0.717) is 13.1 Å². The molecule has 1 fully saturated rings. The lowest BCUT2D eigenvalue weighted by molar-refractivity contribution is -0.141. The number of hydrogen-bond acceptors (Lipinski definition) is 6. The molecule has 0 aliphatic carbocycles. The Hall–Kier alpha value is -0.860. The van der Waals surface area contributed by atoms with Gasteiger partial charge in [-0.05, 0) is 6.54 Å². The van der Waals surface area contributed by atoms with E-state index in [1.54, 1.807) is 4.90 Å². The highest BCUT2D eigenvalue weighted by Gasteiger charge is 2.37. The van der Waals surface area contributed by atoms with Crippen molar-refractivity contribution in [2.45, 2.75) is 24.8 Å². The number of hydrogen-bond donors (Lipinski definition) is 1. The summed E-state index contributed by atoms with van der Waals surface area (Å²) in [7, 11) is -1.86. The van der Waals surface area contributed by atoms with Crippen molar-refractivity contribution in [3.8, 4) is 0 Å². The van der Waals surface area contributed by atoms with Gasteiger partial charge >= 0.3 is 5.97 Å². The van der Waals surface area contributed by atoms with Crippen molar-refractivity contribution in [2.24, 2.45) is 0 Å². The van der Waals surface area contributed by atoms with Gasteiger partial charge in [0.05, 0.1) is 43.0 Å². The first kappa shape index (κ1) is 18.2. The molecule has 1 heterocycles. The Kier molecular flexibility index (Phi) is 6.89. The smallest absolute Gasteiger partial charge is 0.306 e. The van der Waals surface area contributed by atoms with E-state index >= 15 is 0 Å². The normalized spacial score (nSPS) is 24.0. The Bertz CT molecular complexity index is 482. The summed E-state index contributed by atoms with van der Waals surface area (Å²) in [6, 6.07) is -0.552. The van der Waals surface area contributed by atoms with Gasteiger partial charge in [0.1, 0.15) is 0 Å². The molecule has 1 amide bonds. The van der Waals surface area contributed by atoms with E-state index < -0.39 is 21.3 Å². The number of methoxy groups -OCH3 is 1. The molecule has 21 heavy (non-hydrogen) atoms. The molecule has 7 nitrogen and oxygen atoms in total. The zero-order valence-corrected chi connectivity index (χ0v) is 13.7. The van der Waals surface area contributed by atoms with Crippen LogP contribution in [0.2, 0.25) is 0 Å². The van der Waals surface area contributed by atoms with Crippen LogP contribution in [0.5, 0.6) is 0 Å². The van der Waals surface area contributed by atoms with Crippen LogP contribution in [-0.4, -0.2) is 74.9 Å². The highest BCUT2D eigenvalue weighted by atomic mass is 35.5. The van der Waals surface area contributed by atoms with Crippen molar-refractivity contribution in [3.63, 3.8) is 0 Å². The maximum absolute atomic E-state index is 11.9. The SMILES string of the molecule is CCN(CCC(=O)OC)CC(=O)NC1CS(=O)(=O)CC1Cl. The zero-order chi connectivity index (χ0) is 16.0. The summed E-state index contributed by atoms with van der Waals surface area (Å²) in [6.07, 6.45) is 0.202. The minimum atomic E-state index is -3.17. The number of carbonyl (C=O) groups is 2. The van der Waals surface area contributed by atoms with Gasteiger partial charge in [0.2, 0.25) is 5.91 Å². The number of alkyl halides is 1. The number of esters is 1. The third kappa shape index (κ3) is 6.19. The van der Waals surface area contributed by atoms with Gasteiger partial charge < -0.3 is 10.1 Å². The van der Waals surface area contributed by atoms with Gasteiger partial charge in [0, 0.05) is 6.54 Å². The minimum absolute atomic E-state index is 0.0909. The average Bonchev–Trinajstić information content (AvgIpc) is 2.66. The highest BCUT2D eigenvalue weighted by Crippen LogP contribution is 2.17. The van der Waals surface area contributed by atoms with Gasteiger partial charge in [0.15, 0.2) is 9.84 Å². The van der Waals surface area contributed by atoms with E-state index in [1.165, 1.54) is 7.11 Å². The summed E-state index contributed by atoms with van der Waals surface area (Å²) < 4.78 is 27.4. The number of likely N-dealkylation sites (N-methyl/N-ethyl adjacent to an activating group) is 1. The summed E-state index contributed by atoms with van der Waals surface area (Å²) >= 11 is 5.93. The van der Waals surface area contributed by atoms with Crippen LogP contribution >= 0.6 is 11.6 Å². The lowest BCUT2D eigenvalue weighted by atomic mass is 10.2. The first-order valence-electron chi connectivity index (χ1n) is 6.70. The predicted molar refractivity (Wildman–Crippen MR) is 79.0 cm³/mol. The molecule has 1 saturated heterocycles. The molecule has 122 valence electrons. The molecule has 0 aromatic heterocycles. The molecule has 1 rings (SSSR count). The molecule has 1 aliphatic heterocycles. The molecule has 0 bridgehead atoms. The van der Waals surface area contributed by atoms with Gasteiger partial charge in [-0.15, -0.1) is 11.6 Å². The Morgan fingerprint density at radius 1 is 1.38 bits per heavy atom.